The normalized spacial score (nSPS) is 10.4. The number of halogens is 1. The van der Waals surface area contributed by atoms with Gasteiger partial charge in [-0.15, -0.1) is 11.3 Å². The molecule has 1 amide bonds. The van der Waals surface area contributed by atoms with Gasteiger partial charge in [0.2, 0.25) is 11.7 Å². The quantitative estimate of drug-likeness (QED) is 0.516. The number of carbonyl (C=O) groups is 2. The smallest absolute Gasteiger partial charge is 0.494 e. The number of thiophene rings is 1. The van der Waals surface area contributed by atoms with Crippen molar-refractivity contribution in [1.29, 1.82) is 0 Å². The first kappa shape index (κ1) is 17.1. The third kappa shape index (κ3) is 2.68. The van der Waals surface area contributed by atoms with E-state index in [4.69, 9.17) is 17.3 Å². The first-order chi connectivity index (χ1) is 10.0. The number of aromatic nitrogens is 1. The minimum absolute atomic E-state index is 0. The van der Waals surface area contributed by atoms with Crippen LogP contribution < -0.4 is 35.3 Å². The number of hydrogen-bond acceptors (Lipinski definition) is 4. The van der Waals surface area contributed by atoms with Gasteiger partial charge in [0, 0.05) is 10.4 Å². The van der Waals surface area contributed by atoms with Crippen LogP contribution >= 0.6 is 22.9 Å². The molecular formula is C14H9ClN2NaO3S+. The zero-order chi connectivity index (χ0) is 15.1. The van der Waals surface area contributed by atoms with Crippen LogP contribution in [0, 0.1) is 0 Å². The Morgan fingerprint density at radius 3 is 2.59 bits per heavy atom. The molecule has 0 aliphatic carbocycles. The number of ketones is 1. The molecule has 2 heterocycles. The topological polar surface area (TPSA) is 85.3 Å². The van der Waals surface area contributed by atoms with E-state index in [1.165, 1.54) is 23.5 Å². The van der Waals surface area contributed by atoms with Crippen molar-refractivity contribution in [3.63, 3.8) is 0 Å². The number of nitrogens with zero attached hydrogens (tertiary/aromatic N) is 1. The zero-order valence-corrected chi connectivity index (χ0v) is 15.1. The van der Waals surface area contributed by atoms with Crippen LogP contribution in [0.2, 0.25) is 5.02 Å². The van der Waals surface area contributed by atoms with Crippen molar-refractivity contribution < 1.29 is 44.3 Å². The Kier molecular flexibility index (Phi) is 4.99. The Bertz CT molecular complexity index is 874. The number of rotatable bonds is 2. The van der Waals surface area contributed by atoms with Crippen LogP contribution in [0.4, 0.5) is 4.79 Å². The van der Waals surface area contributed by atoms with E-state index in [0.29, 0.717) is 20.8 Å². The predicted molar refractivity (Wildman–Crippen MR) is 81.3 cm³/mol. The Balaban J connectivity index is 0.00000176. The Morgan fingerprint density at radius 1 is 1.27 bits per heavy atom. The summed E-state index contributed by atoms with van der Waals surface area (Å²) in [6.45, 7) is 0. The Labute approximate surface area is 156 Å². The van der Waals surface area contributed by atoms with Gasteiger partial charge in [-0.3, -0.25) is 4.79 Å². The molecule has 0 bridgehead atoms. The third-order valence-electron chi connectivity index (χ3n) is 3.10. The van der Waals surface area contributed by atoms with Crippen LogP contribution in [-0.4, -0.2) is 21.5 Å². The second kappa shape index (κ2) is 6.44. The molecule has 5 nitrogen and oxygen atoms in total. The number of primary amides is 1. The summed E-state index contributed by atoms with van der Waals surface area (Å²) >= 11 is 7.19. The summed E-state index contributed by atoms with van der Waals surface area (Å²) in [4.78, 5) is 24.5. The number of nitrogens with two attached hydrogens (primary N) is 1. The van der Waals surface area contributed by atoms with E-state index in [1.807, 2.05) is 0 Å². The molecule has 0 saturated carbocycles. The summed E-state index contributed by atoms with van der Waals surface area (Å²) in [6.07, 6.45) is 0. The molecule has 1 aromatic carbocycles. The van der Waals surface area contributed by atoms with Crippen molar-refractivity contribution in [2.45, 2.75) is 0 Å². The summed E-state index contributed by atoms with van der Waals surface area (Å²) in [5.74, 6) is -0.854. The maximum absolute atomic E-state index is 12.5. The molecule has 0 aliphatic heterocycles. The number of aromatic hydroxyl groups is 1. The first-order valence-corrected chi connectivity index (χ1v) is 7.17. The Morgan fingerprint density at radius 2 is 2.00 bits per heavy atom. The van der Waals surface area contributed by atoms with Crippen LogP contribution in [0.25, 0.3) is 10.9 Å². The molecule has 0 spiro atoms. The average Bonchev–Trinajstić information content (AvgIpc) is 3.03. The summed E-state index contributed by atoms with van der Waals surface area (Å²) in [5.41, 5.74) is 5.63. The average molecular weight is 344 g/mol. The van der Waals surface area contributed by atoms with Gasteiger partial charge in [0.25, 0.3) is 0 Å². The van der Waals surface area contributed by atoms with Gasteiger partial charge in [0.1, 0.15) is 0 Å². The third-order valence-corrected chi connectivity index (χ3v) is 4.20. The van der Waals surface area contributed by atoms with E-state index in [0.717, 1.165) is 4.57 Å². The first-order valence-electron chi connectivity index (χ1n) is 5.91. The van der Waals surface area contributed by atoms with Gasteiger partial charge in [0.05, 0.1) is 16.0 Å². The summed E-state index contributed by atoms with van der Waals surface area (Å²) in [6, 6.07) is 7.12. The molecule has 106 valence electrons. The minimum atomic E-state index is -0.870. The van der Waals surface area contributed by atoms with Gasteiger partial charge in [0.15, 0.2) is 0 Å². The van der Waals surface area contributed by atoms with Gasteiger partial charge in [-0.25, -0.2) is 9.36 Å². The van der Waals surface area contributed by atoms with Crippen LogP contribution in [0.1, 0.15) is 15.2 Å². The molecular weight excluding hydrogens is 335 g/mol. The zero-order valence-electron chi connectivity index (χ0n) is 11.5. The summed E-state index contributed by atoms with van der Waals surface area (Å²) in [5, 5.41) is 12.8. The summed E-state index contributed by atoms with van der Waals surface area (Å²) in [7, 11) is 0. The predicted octanol–water partition coefficient (Wildman–Crippen LogP) is 0.224. The van der Waals surface area contributed by atoms with E-state index in [2.05, 4.69) is 0 Å². The van der Waals surface area contributed by atoms with E-state index >= 15 is 0 Å². The molecule has 3 N–H and O–H groups in total. The van der Waals surface area contributed by atoms with Gasteiger partial charge >= 0.3 is 35.6 Å². The molecule has 0 aliphatic rings. The molecule has 0 radical (unpaired) electrons. The fourth-order valence-electron chi connectivity index (χ4n) is 2.23. The Hall–Kier alpha value is -1.31. The van der Waals surface area contributed by atoms with Crippen molar-refractivity contribution in [2.75, 3.05) is 0 Å². The summed E-state index contributed by atoms with van der Waals surface area (Å²) < 4.78 is 0.895. The number of fused-ring (bicyclic) bond motifs is 1. The van der Waals surface area contributed by atoms with E-state index in [-0.39, 0.29) is 40.9 Å². The van der Waals surface area contributed by atoms with E-state index in [9.17, 15) is 14.7 Å². The van der Waals surface area contributed by atoms with E-state index < -0.39 is 11.9 Å². The van der Waals surface area contributed by atoms with Crippen molar-refractivity contribution in [2.24, 2.45) is 5.73 Å². The van der Waals surface area contributed by atoms with Gasteiger partial charge in [-0.05, 0) is 29.6 Å². The molecule has 0 fully saturated rings. The van der Waals surface area contributed by atoms with Gasteiger partial charge < -0.3 is 10.8 Å². The van der Waals surface area contributed by atoms with Crippen LogP contribution in [0.15, 0.2) is 35.7 Å². The van der Waals surface area contributed by atoms with Crippen molar-refractivity contribution in [3.05, 3.63) is 51.2 Å². The standard InChI is InChI=1S/C14H9ClN2O3S.Na/c15-7-3-4-9-8(6-7)11(13(19)17(9)14(16)20)12(18)10-2-1-5-21-10;/h1-6,19H,(H2,16,20);/q;+1. The number of benzene rings is 1. The monoisotopic (exact) mass is 343 g/mol. The molecule has 0 unspecified atom stereocenters. The fraction of sp³-hybridized carbons (Fsp3) is 0. The van der Waals surface area contributed by atoms with Gasteiger partial charge in [-0.2, -0.15) is 0 Å². The number of hydrogen-bond donors (Lipinski definition) is 2. The van der Waals surface area contributed by atoms with Crippen LogP contribution in [-0.2, 0) is 0 Å². The van der Waals surface area contributed by atoms with Crippen LogP contribution in [0.3, 0.4) is 0 Å². The number of carbonyl (C=O) groups excluding carboxylic acids is 2. The van der Waals surface area contributed by atoms with Gasteiger partial charge in [-0.1, -0.05) is 17.7 Å². The molecule has 22 heavy (non-hydrogen) atoms. The maximum Gasteiger partial charge on any atom is 1.00 e. The van der Waals surface area contributed by atoms with Crippen molar-refractivity contribution >= 4 is 45.7 Å². The van der Waals surface area contributed by atoms with E-state index in [1.54, 1.807) is 23.6 Å². The molecule has 8 heteroatoms. The molecule has 2 aromatic heterocycles. The van der Waals surface area contributed by atoms with Crippen LogP contribution in [0.5, 0.6) is 5.88 Å². The molecule has 0 saturated heterocycles. The minimum Gasteiger partial charge on any atom is -0.494 e. The fourth-order valence-corrected chi connectivity index (χ4v) is 3.07. The van der Waals surface area contributed by atoms with Crippen molar-refractivity contribution in [3.8, 4) is 5.88 Å². The second-order valence-corrected chi connectivity index (χ2v) is 5.72. The second-order valence-electron chi connectivity index (χ2n) is 4.34. The molecule has 3 aromatic rings. The molecule has 0 atom stereocenters. The van der Waals surface area contributed by atoms with Crippen molar-refractivity contribution in [1.82, 2.24) is 4.57 Å². The number of amides is 1. The molecule has 3 rings (SSSR count). The largest absolute Gasteiger partial charge is 1.00 e. The SMILES string of the molecule is NC(=O)n1c(O)c(C(=O)c2cccs2)c2cc(Cl)ccc21.[Na+]. The maximum atomic E-state index is 12.5.